The molecule has 1 aliphatic rings. The second-order valence-corrected chi connectivity index (χ2v) is 6.86. The summed E-state index contributed by atoms with van der Waals surface area (Å²) in [6.45, 7) is 4.44. The van der Waals surface area contributed by atoms with E-state index >= 15 is 0 Å². The first-order chi connectivity index (χ1) is 14.2. The molecule has 0 bridgehead atoms. The Labute approximate surface area is 171 Å². The van der Waals surface area contributed by atoms with Crippen molar-refractivity contribution < 1.29 is 14.3 Å². The number of methoxy groups -OCH3 is 2. The van der Waals surface area contributed by atoms with Crippen molar-refractivity contribution in [2.45, 2.75) is 12.8 Å². The number of ether oxygens (including phenoxy) is 2. The second-order valence-electron chi connectivity index (χ2n) is 6.86. The van der Waals surface area contributed by atoms with Crippen LogP contribution in [0.15, 0.2) is 36.7 Å². The van der Waals surface area contributed by atoms with Gasteiger partial charge in [-0.3, -0.25) is 4.79 Å². The van der Waals surface area contributed by atoms with Crippen molar-refractivity contribution in [3.05, 3.63) is 42.2 Å². The Bertz CT molecular complexity index is 779. The third-order valence-electron chi connectivity index (χ3n) is 5.02. The molecule has 0 aliphatic carbocycles. The fourth-order valence-electron chi connectivity index (χ4n) is 3.36. The summed E-state index contributed by atoms with van der Waals surface area (Å²) in [5.41, 5.74) is 1.17. The van der Waals surface area contributed by atoms with Gasteiger partial charge in [0.05, 0.1) is 14.2 Å². The van der Waals surface area contributed by atoms with E-state index in [4.69, 9.17) is 9.47 Å². The molecule has 0 radical (unpaired) electrons. The number of anilines is 1. The highest BCUT2D eigenvalue weighted by atomic mass is 16.5. The Morgan fingerprint density at radius 1 is 1.03 bits per heavy atom. The molecule has 1 aromatic carbocycles. The van der Waals surface area contributed by atoms with Crippen LogP contribution < -0.4 is 19.7 Å². The number of carbonyl (C=O) groups excluding carboxylic acids is 1. The van der Waals surface area contributed by atoms with E-state index in [1.165, 1.54) is 5.56 Å². The Kier molecular flexibility index (Phi) is 7.63. The summed E-state index contributed by atoms with van der Waals surface area (Å²) < 4.78 is 10.6. The SMILES string of the molecule is COc1ccc(CCNCCC(=O)N2CCN(c3ncccn3)CC2)cc1OC. The Morgan fingerprint density at radius 2 is 1.76 bits per heavy atom. The van der Waals surface area contributed by atoms with Crippen LogP contribution in [0.25, 0.3) is 0 Å². The van der Waals surface area contributed by atoms with Crippen LogP contribution in [0.4, 0.5) is 5.95 Å². The molecule has 1 aliphatic heterocycles. The molecule has 8 heteroatoms. The summed E-state index contributed by atoms with van der Waals surface area (Å²) in [5, 5.41) is 3.35. The van der Waals surface area contributed by atoms with Gasteiger partial charge in [0.1, 0.15) is 0 Å². The first-order valence-electron chi connectivity index (χ1n) is 9.92. The largest absolute Gasteiger partial charge is 0.493 e. The Hall–Kier alpha value is -2.87. The van der Waals surface area contributed by atoms with Gasteiger partial charge in [-0.15, -0.1) is 0 Å². The second kappa shape index (κ2) is 10.6. The monoisotopic (exact) mass is 399 g/mol. The summed E-state index contributed by atoms with van der Waals surface area (Å²) in [6, 6.07) is 7.74. The molecule has 0 atom stereocenters. The minimum absolute atomic E-state index is 0.192. The number of rotatable bonds is 9. The maximum atomic E-state index is 12.4. The van der Waals surface area contributed by atoms with Gasteiger partial charge < -0.3 is 24.6 Å². The molecule has 1 amide bonds. The van der Waals surface area contributed by atoms with E-state index in [1.807, 2.05) is 23.1 Å². The summed E-state index contributed by atoms with van der Waals surface area (Å²) in [7, 11) is 3.27. The van der Waals surface area contributed by atoms with Crippen molar-refractivity contribution in [2.24, 2.45) is 0 Å². The predicted molar refractivity (Wildman–Crippen MR) is 112 cm³/mol. The van der Waals surface area contributed by atoms with Crippen molar-refractivity contribution >= 4 is 11.9 Å². The normalized spacial score (nSPS) is 14.0. The van der Waals surface area contributed by atoms with Crippen LogP contribution in [0.2, 0.25) is 0 Å². The zero-order chi connectivity index (χ0) is 20.5. The fourth-order valence-corrected chi connectivity index (χ4v) is 3.36. The molecule has 29 heavy (non-hydrogen) atoms. The molecule has 3 rings (SSSR count). The van der Waals surface area contributed by atoms with E-state index in [-0.39, 0.29) is 5.91 Å². The lowest BCUT2D eigenvalue weighted by Crippen LogP contribution is -2.49. The topological polar surface area (TPSA) is 79.8 Å². The lowest BCUT2D eigenvalue weighted by Gasteiger charge is -2.34. The zero-order valence-corrected chi connectivity index (χ0v) is 17.1. The molecule has 0 unspecified atom stereocenters. The van der Waals surface area contributed by atoms with Gasteiger partial charge in [0.25, 0.3) is 0 Å². The molecule has 8 nitrogen and oxygen atoms in total. The fraction of sp³-hybridized carbons (Fsp3) is 0.476. The van der Waals surface area contributed by atoms with E-state index < -0.39 is 0 Å². The quantitative estimate of drug-likeness (QED) is 0.638. The van der Waals surface area contributed by atoms with Crippen LogP contribution in [-0.2, 0) is 11.2 Å². The van der Waals surface area contributed by atoms with Crippen molar-refractivity contribution in [1.29, 1.82) is 0 Å². The van der Waals surface area contributed by atoms with Crippen LogP contribution in [0.5, 0.6) is 11.5 Å². The summed E-state index contributed by atoms with van der Waals surface area (Å²) >= 11 is 0. The van der Waals surface area contributed by atoms with Gasteiger partial charge in [0.2, 0.25) is 11.9 Å². The van der Waals surface area contributed by atoms with Crippen molar-refractivity contribution in [2.75, 3.05) is 58.4 Å². The molecule has 1 fully saturated rings. The lowest BCUT2D eigenvalue weighted by atomic mass is 10.1. The number of hydrogen-bond donors (Lipinski definition) is 1. The number of amides is 1. The molecular formula is C21H29N5O3. The van der Waals surface area contributed by atoms with E-state index in [9.17, 15) is 4.79 Å². The van der Waals surface area contributed by atoms with Crippen molar-refractivity contribution in [3.8, 4) is 11.5 Å². The van der Waals surface area contributed by atoms with Gasteiger partial charge in [-0.2, -0.15) is 0 Å². The number of piperazine rings is 1. The average molecular weight is 399 g/mol. The number of nitrogens with one attached hydrogen (secondary N) is 1. The molecule has 1 N–H and O–H groups in total. The van der Waals surface area contributed by atoms with Crippen LogP contribution in [-0.4, -0.2) is 74.3 Å². The Morgan fingerprint density at radius 3 is 2.45 bits per heavy atom. The standard InChI is InChI=1S/C21H29N5O3/c1-28-18-5-4-17(16-19(18)29-2)6-10-22-11-7-20(27)25-12-14-26(15-13-25)21-23-8-3-9-24-21/h3-5,8-9,16,22H,6-7,10-15H2,1-2H3. The van der Waals surface area contributed by atoms with Gasteiger partial charge in [0, 0.05) is 51.5 Å². The molecule has 1 saturated heterocycles. The maximum Gasteiger partial charge on any atom is 0.225 e. The summed E-state index contributed by atoms with van der Waals surface area (Å²) in [4.78, 5) is 25.0. The van der Waals surface area contributed by atoms with E-state index in [2.05, 4.69) is 20.2 Å². The van der Waals surface area contributed by atoms with Gasteiger partial charge in [0.15, 0.2) is 11.5 Å². The number of hydrogen-bond acceptors (Lipinski definition) is 7. The van der Waals surface area contributed by atoms with Gasteiger partial charge in [-0.05, 0) is 36.7 Å². The smallest absolute Gasteiger partial charge is 0.225 e. The maximum absolute atomic E-state index is 12.4. The van der Waals surface area contributed by atoms with Crippen molar-refractivity contribution in [3.63, 3.8) is 0 Å². The average Bonchev–Trinajstić information content (AvgIpc) is 2.79. The van der Waals surface area contributed by atoms with E-state index in [1.54, 1.807) is 32.7 Å². The number of nitrogens with zero attached hydrogens (tertiary/aromatic N) is 4. The highest BCUT2D eigenvalue weighted by molar-refractivity contribution is 5.76. The minimum atomic E-state index is 0.192. The van der Waals surface area contributed by atoms with Gasteiger partial charge >= 0.3 is 0 Å². The molecule has 1 aromatic heterocycles. The van der Waals surface area contributed by atoms with Crippen LogP contribution in [0, 0.1) is 0 Å². The first kappa shape index (κ1) is 20.9. The Balaban J connectivity index is 1.33. The third-order valence-corrected chi connectivity index (χ3v) is 5.02. The van der Waals surface area contributed by atoms with Gasteiger partial charge in [-0.25, -0.2) is 9.97 Å². The first-order valence-corrected chi connectivity index (χ1v) is 9.92. The van der Waals surface area contributed by atoms with Crippen LogP contribution in [0.1, 0.15) is 12.0 Å². The predicted octanol–water partition coefficient (Wildman–Crippen LogP) is 1.36. The van der Waals surface area contributed by atoms with E-state index in [0.29, 0.717) is 26.1 Å². The summed E-state index contributed by atoms with van der Waals surface area (Å²) in [6.07, 6.45) is 4.86. The minimum Gasteiger partial charge on any atom is -0.493 e. The molecule has 0 spiro atoms. The van der Waals surface area contributed by atoms with Crippen molar-refractivity contribution in [1.82, 2.24) is 20.2 Å². The molecule has 2 heterocycles. The molecule has 156 valence electrons. The zero-order valence-electron chi connectivity index (χ0n) is 17.1. The number of aromatic nitrogens is 2. The van der Waals surface area contributed by atoms with Gasteiger partial charge in [-0.1, -0.05) is 6.07 Å². The third kappa shape index (κ3) is 5.80. The molecular weight excluding hydrogens is 370 g/mol. The highest BCUT2D eigenvalue weighted by Gasteiger charge is 2.21. The molecule has 2 aromatic rings. The van der Waals surface area contributed by atoms with Crippen LogP contribution in [0.3, 0.4) is 0 Å². The van der Waals surface area contributed by atoms with E-state index in [0.717, 1.165) is 43.5 Å². The summed E-state index contributed by atoms with van der Waals surface area (Å²) in [5.74, 6) is 2.39. The lowest BCUT2D eigenvalue weighted by molar-refractivity contribution is -0.131. The van der Waals surface area contributed by atoms with Crippen LogP contribution >= 0.6 is 0 Å². The number of carbonyl (C=O) groups is 1. The molecule has 0 saturated carbocycles. The highest BCUT2D eigenvalue weighted by Crippen LogP contribution is 2.27. The number of benzene rings is 1.